The first-order valence-corrected chi connectivity index (χ1v) is 7.68. The maximum absolute atomic E-state index is 12.8. The predicted molar refractivity (Wildman–Crippen MR) is 95.5 cm³/mol. The summed E-state index contributed by atoms with van der Waals surface area (Å²) in [6.07, 6.45) is 1.50. The van der Waals surface area contributed by atoms with Gasteiger partial charge in [-0.3, -0.25) is 9.79 Å². The van der Waals surface area contributed by atoms with Crippen LogP contribution >= 0.6 is 0 Å². The summed E-state index contributed by atoms with van der Waals surface area (Å²) >= 11 is 0. The van der Waals surface area contributed by atoms with Gasteiger partial charge in [0.2, 0.25) is 5.88 Å². The molecule has 5 heteroatoms. The number of benzene rings is 2. The second kappa shape index (κ2) is 6.68. The van der Waals surface area contributed by atoms with Crippen molar-refractivity contribution in [1.29, 1.82) is 0 Å². The number of aromatic hydroxyl groups is 1. The highest BCUT2D eigenvalue weighted by Crippen LogP contribution is 2.25. The average molecular weight is 322 g/mol. The Hall–Kier alpha value is -2.92. The Morgan fingerprint density at radius 3 is 2.42 bits per heavy atom. The van der Waals surface area contributed by atoms with E-state index in [4.69, 9.17) is 5.11 Å². The van der Waals surface area contributed by atoms with E-state index in [1.165, 1.54) is 10.8 Å². The maximum Gasteiger partial charge on any atom is 0.265 e. The summed E-state index contributed by atoms with van der Waals surface area (Å²) in [5.41, 5.74) is 1.83. The van der Waals surface area contributed by atoms with E-state index in [9.17, 15) is 9.90 Å². The first kappa shape index (κ1) is 16.0. The Bertz CT molecular complexity index is 957. The molecular formula is C19H18N2O3. The second-order valence-corrected chi connectivity index (χ2v) is 5.52. The van der Waals surface area contributed by atoms with Crippen LogP contribution in [0.25, 0.3) is 16.5 Å². The van der Waals surface area contributed by atoms with Crippen LogP contribution in [0.2, 0.25) is 0 Å². The normalized spacial score (nSPS) is 11.4. The van der Waals surface area contributed by atoms with E-state index in [1.54, 1.807) is 36.4 Å². The third-order valence-electron chi connectivity index (χ3n) is 3.85. The van der Waals surface area contributed by atoms with Crippen LogP contribution in [0, 0.1) is 6.92 Å². The van der Waals surface area contributed by atoms with Crippen molar-refractivity contribution in [2.24, 2.45) is 4.99 Å². The second-order valence-electron chi connectivity index (χ2n) is 5.52. The van der Waals surface area contributed by atoms with Crippen molar-refractivity contribution in [1.82, 2.24) is 4.57 Å². The number of rotatable bonds is 4. The maximum atomic E-state index is 12.8. The molecule has 0 radical (unpaired) electrons. The molecule has 24 heavy (non-hydrogen) atoms. The Labute approximate surface area is 139 Å². The van der Waals surface area contributed by atoms with Crippen molar-refractivity contribution in [2.45, 2.75) is 6.92 Å². The summed E-state index contributed by atoms with van der Waals surface area (Å²) < 4.78 is 1.28. The smallest absolute Gasteiger partial charge is 0.265 e. The van der Waals surface area contributed by atoms with Gasteiger partial charge in [0.25, 0.3) is 5.56 Å². The third kappa shape index (κ3) is 2.81. The monoisotopic (exact) mass is 322 g/mol. The lowest BCUT2D eigenvalue weighted by atomic mass is 10.1. The number of hydrogen-bond donors (Lipinski definition) is 2. The molecule has 0 spiro atoms. The fourth-order valence-electron chi connectivity index (χ4n) is 2.64. The number of aliphatic hydroxyl groups is 1. The van der Waals surface area contributed by atoms with Crippen molar-refractivity contribution >= 4 is 17.0 Å². The Balaban J connectivity index is 2.33. The molecule has 0 bridgehead atoms. The summed E-state index contributed by atoms with van der Waals surface area (Å²) in [7, 11) is 0. The number of aliphatic imine (C=N–C) groups is 1. The van der Waals surface area contributed by atoms with Crippen molar-refractivity contribution in [3.05, 3.63) is 70.0 Å². The molecule has 3 aromatic rings. The van der Waals surface area contributed by atoms with Crippen molar-refractivity contribution in [2.75, 3.05) is 13.2 Å². The number of hydrogen-bond acceptors (Lipinski definition) is 4. The predicted octanol–water partition coefficient (Wildman–Crippen LogP) is 2.42. The molecule has 0 amide bonds. The van der Waals surface area contributed by atoms with Crippen LogP contribution in [0.15, 0.2) is 58.3 Å². The van der Waals surface area contributed by atoms with Crippen molar-refractivity contribution < 1.29 is 10.2 Å². The first-order valence-electron chi connectivity index (χ1n) is 7.68. The molecule has 122 valence electrons. The number of pyridine rings is 1. The highest BCUT2D eigenvalue weighted by Gasteiger charge is 2.15. The fourth-order valence-corrected chi connectivity index (χ4v) is 2.64. The largest absolute Gasteiger partial charge is 0.494 e. The molecule has 3 rings (SSSR count). The first-order chi connectivity index (χ1) is 11.6. The van der Waals surface area contributed by atoms with E-state index < -0.39 is 0 Å². The Morgan fingerprint density at radius 1 is 1.08 bits per heavy atom. The van der Waals surface area contributed by atoms with E-state index in [0.29, 0.717) is 22.0 Å². The van der Waals surface area contributed by atoms with Gasteiger partial charge in [-0.1, -0.05) is 35.9 Å². The van der Waals surface area contributed by atoms with Gasteiger partial charge in [-0.2, -0.15) is 0 Å². The van der Waals surface area contributed by atoms with Gasteiger partial charge in [-0.25, -0.2) is 4.57 Å². The van der Waals surface area contributed by atoms with Crippen LogP contribution < -0.4 is 5.56 Å². The van der Waals surface area contributed by atoms with Gasteiger partial charge >= 0.3 is 0 Å². The highest BCUT2D eigenvalue weighted by atomic mass is 16.3. The SMILES string of the molecule is Cc1ccc(-n2c(O)c(C=NCCO)c3ccccc3c2=O)cc1. The molecule has 0 saturated heterocycles. The zero-order valence-corrected chi connectivity index (χ0v) is 13.3. The molecule has 0 saturated carbocycles. The van der Waals surface area contributed by atoms with Gasteiger partial charge in [-0.05, 0) is 25.1 Å². The molecule has 1 aromatic heterocycles. The van der Waals surface area contributed by atoms with Gasteiger partial charge in [0.1, 0.15) is 0 Å². The zero-order valence-electron chi connectivity index (χ0n) is 13.3. The lowest BCUT2D eigenvalue weighted by molar-refractivity contribution is 0.307. The van der Waals surface area contributed by atoms with Crippen LogP contribution in [0.1, 0.15) is 11.1 Å². The van der Waals surface area contributed by atoms with E-state index in [0.717, 1.165) is 5.56 Å². The van der Waals surface area contributed by atoms with Gasteiger partial charge in [-0.15, -0.1) is 0 Å². The number of aromatic nitrogens is 1. The summed E-state index contributed by atoms with van der Waals surface area (Å²) in [4.78, 5) is 16.9. The number of nitrogens with zero attached hydrogens (tertiary/aromatic N) is 2. The van der Waals surface area contributed by atoms with Gasteiger partial charge in [0.05, 0.1) is 24.4 Å². The van der Waals surface area contributed by atoms with Gasteiger partial charge in [0, 0.05) is 17.0 Å². The molecule has 0 atom stereocenters. The highest BCUT2D eigenvalue weighted by molar-refractivity contribution is 6.01. The summed E-state index contributed by atoms with van der Waals surface area (Å²) in [5, 5.41) is 20.7. The molecule has 0 aliphatic rings. The van der Waals surface area contributed by atoms with E-state index in [2.05, 4.69) is 4.99 Å². The van der Waals surface area contributed by atoms with Crippen LogP contribution in [-0.4, -0.2) is 34.1 Å². The van der Waals surface area contributed by atoms with Crippen LogP contribution in [0.3, 0.4) is 0 Å². The van der Waals surface area contributed by atoms with Crippen molar-refractivity contribution in [3.63, 3.8) is 0 Å². The van der Waals surface area contributed by atoms with Gasteiger partial charge in [0.15, 0.2) is 0 Å². The van der Waals surface area contributed by atoms with Crippen molar-refractivity contribution in [3.8, 4) is 11.6 Å². The quantitative estimate of drug-likeness (QED) is 0.724. The van der Waals surface area contributed by atoms with E-state index in [-0.39, 0.29) is 24.6 Å². The van der Waals surface area contributed by atoms with Crippen LogP contribution in [-0.2, 0) is 0 Å². The standard InChI is InChI=1S/C19H18N2O3/c1-13-6-8-14(9-7-13)21-18(23)16-5-3-2-4-15(16)17(19(21)24)12-20-10-11-22/h2-9,12,22,24H,10-11H2,1H3. The Kier molecular flexibility index (Phi) is 4.44. The van der Waals surface area contributed by atoms with Crippen LogP contribution in [0.5, 0.6) is 5.88 Å². The molecule has 0 unspecified atom stereocenters. The lowest BCUT2D eigenvalue weighted by Gasteiger charge is -2.13. The number of aryl methyl sites for hydroxylation is 1. The summed E-state index contributed by atoms with van der Waals surface area (Å²) in [6.45, 7) is 2.12. The number of aliphatic hydroxyl groups excluding tert-OH is 1. The minimum atomic E-state index is -0.286. The fraction of sp³-hybridized carbons (Fsp3) is 0.158. The topological polar surface area (TPSA) is 74.8 Å². The van der Waals surface area contributed by atoms with E-state index >= 15 is 0 Å². The molecule has 5 nitrogen and oxygen atoms in total. The zero-order chi connectivity index (χ0) is 17.1. The molecule has 0 aliphatic heterocycles. The van der Waals surface area contributed by atoms with E-state index in [1.807, 2.05) is 19.1 Å². The molecule has 1 heterocycles. The molecule has 0 aliphatic carbocycles. The minimum Gasteiger partial charge on any atom is -0.494 e. The van der Waals surface area contributed by atoms with Gasteiger partial charge < -0.3 is 10.2 Å². The average Bonchev–Trinajstić information content (AvgIpc) is 2.60. The lowest BCUT2D eigenvalue weighted by Crippen LogP contribution is -2.20. The van der Waals surface area contributed by atoms with Crippen LogP contribution in [0.4, 0.5) is 0 Å². The molecular weight excluding hydrogens is 304 g/mol. The molecule has 2 N–H and O–H groups in total. The third-order valence-corrected chi connectivity index (χ3v) is 3.85. The minimum absolute atomic E-state index is 0.0766. The summed E-state index contributed by atoms with van der Waals surface area (Å²) in [6, 6.07) is 14.4. The molecule has 0 fully saturated rings. The molecule has 2 aromatic carbocycles. The number of fused-ring (bicyclic) bond motifs is 1. The Morgan fingerprint density at radius 2 is 1.75 bits per heavy atom. The summed E-state index contributed by atoms with van der Waals surface area (Å²) in [5.74, 6) is -0.163.